The monoisotopic (exact) mass is 326 g/mol. The van der Waals surface area contributed by atoms with Gasteiger partial charge in [0.05, 0.1) is 0 Å². The van der Waals surface area contributed by atoms with Gasteiger partial charge in [0.1, 0.15) is 25.4 Å². The van der Waals surface area contributed by atoms with Crippen LogP contribution in [-0.4, -0.2) is 43.1 Å². The van der Waals surface area contributed by atoms with Gasteiger partial charge in [0, 0.05) is 11.1 Å². The number of carbonyl (C=O) groups excluding carboxylic acids is 2. The molecular weight excluding hydrogens is 300 g/mol. The average molecular weight is 326 g/mol. The quantitative estimate of drug-likeness (QED) is 0.504. The van der Waals surface area contributed by atoms with E-state index in [0.29, 0.717) is 24.0 Å². The molecule has 0 spiro atoms. The van der Waals surface area contributed by atoms with Gasteiger partial charge in [-0.2, -0.15) is 0 Å². The second-order valence-corrected chi connectivity index (χ2v) is 5.69. The lowest BCUT2D eigenvalue weighted by atomic mass is 10.1. The van der Waals surface area contributed by atoms with Crippen LogP contribution in [0.1, 0.15) is 40.5 Å². The molecule has 130 valence electrons. The van der Waals surface area contributed by atoms with E-state index in [1.54, 1.807) is 13.8 Å². The summed E-state index contributed by atoms with van der Waals surface area (Å²) in [4.78, 5) is 23.1. The highest BCUT2D eigenvalue weighted by Gasteiger charge is 2.46. The second-order valence-electron chi connectivity index (χ2n) is 5.69. The zero-order valence-corrected chi connectivity index (χ0v) is 14.3. The molecule has 6 nitrogen and oxygen atoms in total. The maximum absolute atomic E-state index is 11.5. The molecule has 0 aliphatic carbocycles. The molecule has 1 saturated heterocycles. The van der Waals surface area contributed by atoms with Crippen LogP contribution < -0.4 is 0 Å². The van der Waals surface area contributed by atoms with E-state index in [-0.39, 0.29) is 13.2 Å². The molecule has 1 aliphatic rings. The molecule has 0 unspecified atom stereocenters. The molecule has 0 saturated carbocycles. The van der Waals surface area contributed by atoms with Crippen molar-refractivity contribution in [1.82, 2.24) is 0 Å². The van der Waals surface area contributed by atoms with Crippen molar-refractivity contribution in [3.8, 4) is 0 Å². The van der Waals surface area contributed by atoms with Gasteiger partial charge in [0.15, 0.2) is 5.79 Å². The Morgan fingerprint density at radius 3 is 1.52 bits per heavy atom. The molecule has 0 aromatic carbocycles. The molecule has 1 heterocycles. The maximum Gasteiger partial charge on any atom is 0.333 e. The highest BCUT2D eigenvalue weighted by molar-refractivity contribution is 5.87. The van der Waals surface area contributed by atoms with E-state index in [0.717, 1.165) is 0 Å². The Labute approximate surface area is 137 Å². The summed E-state index contributed by atoms with van der Waals surface area (Å²) in [5, 5.41) is 0. The standard InChI is InChI=1S/C17H26O6/c1-7-17(8-2)22-13(9-20-15(18)11(3)4)14(23-17)10-21-16(19)12(5)6/h13-14H,3,5,7-10H2,1-2,4,6H3/t13-,14-/m0/s1. The number of esters is 2. The van der Waals surface area contributed by atoms with E-state index >= 15 is 0 Å². The van der Waals surface area contributed by atoms with Crippen molar-refractivity contribution < 1.29 is 28.5 Å². The molecule has 0 radical (unpaired) electrons. The molecule has 1 fully saturated rings. The van der Waals surface area contributed by atoms with Crippen molar-refractivity contribution in [3.63, 3.8) is 0 Å². The van der Waals surface area contributed by atoms with E-state index in [4.69, 9.17) is 18.9 Å². The van der Waals surface area contributed by atoms with Gasteiger partial charge < -0.3 is 18.9 Å². The molecule has 0 aromatic rings. The predicted molar refractivity (Wildman–Crippen MR) is 84.6 cm³/mol. The van der Waals surface area contributed by atoms with Gasteiger partial charge in [0.25, 0.3) is 0 Å². The molecule has 0 bridgehead atoms. The fourth-order valence-electron chi connectivity index (χ4n) is 2.16. The third kappa shape index (κ3) is 5.18. The molecule has 2 atom stereocenters. The molecule has 0 amide bonds. The van der Waals surface area contributed by atoms with Crippen LogP contribution in [0.3, 0.4) is 0 Å². The highest BCUT2D eigenvalue weighted by Crippen LogP contribution is 2.34. The molecule has 1 aliphatic heterocycles. The fraction of sp³-hybridized carbons (Fsp3) is 0.647. The van der Waals surface area contributed by atoms with Crippen molar-refractivity contribution in [2.24, 2.45) is 0 Å². The van der Waals surface area contributed by atoms with Gasteiger partial charge >= 0.3 is 11.9 Å². The summed E-state index contributed by atoms with van der Waals surface area (Å²) < 4.78 is 22.2. The van der Waals surface area contributed by atoms with Crippen LogP contribution in [0, 0.1) is 0 Å². The Morgan fingerprint density at radius 1 is 0.913 bits per heavy atom. The van der Waals surface area contributed by atoms with Crippen molar-refractivity contribution in [3.05, 3.63) is 24.3 Å². The minimum absolute atomic E-state index is 0.0166. The van der Waals surface area contributed by atoms with Gasteiger partial charge in [-0.1, -0.05) is 27.0 Å². The predicted octanol–water partition coefficient (Wildman–Crippen LogP) is 2.53. The number of ether oxygens (including phenoxy) is 4. The zero-order valence-electron chi connectivity index (χ0n) is 14.3. The van der Waals surface area contributed by atoms with Crippen LogP contribution >= 0.6 is 0 Å². The first-order valence-electron chi connectivity index (χ1n) is 7.75. The van der Waals surface area contributed by atoms with E-state index < -0.39 is 29.9 Å². The van der Waals surface area contributed by atoms with E-state index in [1.807, 2.05) is 13.8 Å². The number of rotatable bonds is 8. The molecular formula is C17H26O6. The van der Waals surface area contributed by atoms with Gasteiger partial charge in [-0.15, -0.1) is 0 Å². The Hall–Kier alpha value is -1.66. The lowest BCUT2D eigenvalue weighted by molar-refractivity contribution is -0.187. The second kappa shape index (κ2) is 8.26. The normalized spacial score (nSPS) is 22.4. The van der Waals surface area contributed by atoms with Crippen molar-refractivity contribution >= 4 is 11.9 Å². The van der Waals surface area contributed by atoms with E-state index in [2.05, 4.69) is 13.2 Å². The molecule has 0 N–H and O–H groups in total. The Balaban J connectivity index is 2.72. The zero-order chi connectivity index (χ0) is 17.6. The number of hydrogen-bond acceptors (Lipinski definition) is 6. The first kappa shape index (κ1) is 19.4. The fourth-order valence-corrected chi connectivity index (χ4v) is 2.16. The van der Waals surface area contributed by atoms with Gasteiger partial charge in [-0.25, -0.2) is 9.59 Å². The summed E-state index contributed by atoms with van der Waals surface area (Å²) >= 11 is 0. The first-order valence-corrected chi connectivity index (χ1v) is 7.75. The molecule has 23 heavy (non-hydrogen) atoms. The summed E-state index contributed by atoms with van der Waals surface area (Å²) in [6, 6.07) is 0. The lowest BCUT2D eigenvalue weighted by Crippen LogP contribution is -2.33. The van der Waals surface area contributed by atoms with Gasteiger partial charge in [0.2, 0.25) is 0 Å². The van der Waals surface area contributed by atoms with Crippen LogP contribution in [-0.2, 0) is 28.5 Å². The first-order chi connectivity index (χ1) is 10.7. The van der Waals surface area contributed by atoms with Crippen molar-refractivity contribution in [1.29, 1.82) is 0 Å². The van der Waals surface area contributed by atoms with Gasteiger partial charge in [-0.05, 0) is 26.7 Å². The summed E-state index contributed by atoms with van der Waals surface area (Å²) in [5.74, 6) is -1.73. The third-order valence-electron chi connectivity index (χ3n) is 3.68. The minimum atomic E-state index is -0.749. The average Bonchev–Trinajstić information content (AvgIpc) is 2.88. The van der Waals surface area contributed by atoms with Crippen LogP contribution in [0.4, 0.5) is 0 Å². The third-order valence-corrected chi connectivity index (χ3v) is 3.68. The van der Waals surface area contributed by atoms with Crippen molar-refractivity contribution in [2.75, 3.05) is 13.2 Å². The Morgan fingerprint density at radius 2 is 1.26 bits per heavy atom. The Kier molecular flexibility index (Phi) is 6.97. The largest absolute Gasteiger partial charge is 0.459 e. The topological polar surface area (TPSA) is 71.1 Å². The number of carbonyl (C=O) groups is 2. The maximum atomic E-state index is 11.5. The molecule has 1 rings (SSSR count). The van der Waals surface area contributed by atoms with E-state index in [1.165, 1.54) is 0 Å². The SMILES string of the molecule is C=C(C)C(=O)OC[C@@H]1OC(CC)(CC)O[C@H]1COC(=O)C(=C)C. The highest BCUT2D eigenvalue weighted by atomic mass is 16.8. The van der Waals surface area contributed by atoms with Crippen LogP contribution in [0.2, 0.25) is 0 Å². The summed E-state index contributed by atoms with van der Waals surface area (Å²) in [6.45, 7) is 14.1. The van der Waals surface area contributed by atoms with Crippen LogP contribution in [0.5, 0.6) is 0 Å². The summed E-state index contributed by atoms with van der Waals surface area (Å²) in [6.07, 6.45) is 0.269. The summed E-state index contributed by atoms with van der Waals surface area (Å²) in [7, 11) is 0. The Bertz CT molecular complexity index is 437. The smallest absolute Gasteiger partial charge is 0.333 e. The number of hydrogen-bond donors (Lipinski definition) is 0. The van der Waals surface area contributed by atoms with Gasteiger partial charge in [-0.3, -0.25) is 0 Å². The molecule has 6 heteroatoms. The van der Waals surface area contributed by atoms with Crippen molar-refractivity contribution in [2.45, 2.75) is 58.5 Å². The summed E-state index contributed by atoms with van der Waals surface area (Å²) in [5.41, 5.74) is 0.623. The van der Waals surface area contributed by atoms with E-state index in [9.17, 15) is 9.59 Å². The van der Waals surface area contributed by atoms with Crippen LogP contribution in [0.25, 0.3) is 0 Å². The minimum Gasteiger partial charge on any atom is -0.459 e. The molecule has 0 aromatic heterocycles. The lowest BCUT2D eigenvalue weighted by Gasteiger charge is -2.25. The van der Waals surface area contributed by atoms with Crippen LogP contribution in [0.15, 0.2) is 24.3 Å².